The van der Waals surface area contributed by atoms with Crippen molar-refractivity contribution in [3.05, 3.63) is 36.3 Å². The van der Waals surface area contributed by atoms with Crippen molar-refractivity contribution in [2.45, 2.75) is 39.0 Å². The second-order valence-electron chi connectivity index (χ2n) is 7.33. The molecule has 144 valence electrons. The standard InChI is InChI=1S/C20H27N5O2/c1-14(2)24-8-10-27-15(13-24)11-19-22-20(23-25(19)7-9-26)17-12-21-18-6-4-3-5-16(17)18/h3-6,12,14-15,21,26H,7-11,13H2,1-2H3. The van der Waals surface area contributed by atoms with Crippen LogP contribution in [0.5, 0.6) is 0 Å². The van der Waals surface area contributed by atoms with E-state index in [0.29, 0.717) is 24.8 Å². The zero-order valence-corrected chi connectivity index (χ0v) is 15.9. The van der Waals surface area contributed by atoms with Crippen LogP contribution in [0.15, 0.2) is 30.5 Å². The van der Waals surface area contributed by atoms with Crippen molar-refractivity contribution in [1.82, 2.24) is 24.6 Å². The van der Waals surface area contributed by atoms with Gasteiger partial charge in [0.2, 0.25) is 0 Å². The average Bonchev–Trinajstić information content (AvgIpc) is 3.26. The molecule has 27 heavy (non-hydrogen) atoms. The first-order valence-electron chi connectivity index (χ1n) is 9.62. The monoisotopic (exact) mass is 369 g/mol. The minimum atomic E-state index is 0.0350. The molecule has 1 atom stereocenters. The van der Waals surface area contributed by atoms with Gasteiger partial charge in [0.25, 0.3) is 0 Å². The molecule has 0 bridgehead atoms. The number of hydrogen-bond donors (Lipinski definition) is 2. The number of fused-ring (bicyclic) bond motifs is 1. The van der Waals surface area contributed by atoms with Crippen molar-refractivity contribution >= 4 is 10.9 Å². The number of para-hydroxylation sites is 1. The molecule has 0 amide bonds. The Bertz CT molecular complexity index is 901. The summed E-state index contributed by atoms with van der Waals surface area (Å²) in [5, 5.41) is 15.2. The summed E-state index contributed by atoms with van der Waals surface area (Å²) >= 11 is 0. The number of aromatic amines is 1. The lowest BCUT2D eigenvalue weighted by Crippen LogP contribution is -2.46. The molecule has 2 N–H and O–H groups in total. The highest BCUT2D eigenvalue weighted by Crippen LogP contribution is 2.26. The maximum atomic E-state index is 9.44. The lowest BCUT2D eigenvalue weighted by atomic mass is 10.1. The Balaban J connectivity index is 1.61. The summed E-state index contributed by atoms with van der Waals surface area (Å²) in [7, 11) is 0. The van der Waals surface area contributed by atoms with Crippen molar-refractivity contribution in [2.75, 3.05) is 26.3 Å². The van der Waals surface area contributed by atoms with Gasteiger partial charge in [-0.25, -0.2) is 9.67 Å². The van der Waals surface area contributed by atoms with Crippen LogP contribution in [-0.2, 0) is 17.7 Å². The quantitative estimate of drug-likeness (QED) is 0.695. The van der Waals surface area contributed by atoms with Gasteiger partial charge >= 0.3 is 0 Å². The second kappa shape index (κ2) is 7.80. The van der Waals surface area contributed by atoms with Crippen LogP contribution < -0.4 is 0 Å². The summed E-state index contributed by atoms with van der Waals surface area (Å²) in [6, 6.07) is 8.64. The van der Waals surface area contributed by atoms with E-state index in [0.717, 1.165) is 42.0 Å². The number of rotatable bonds is 6. The predicted molar refractivity (Wildman–Crippen MR) is 105 cm³/mol. The summed E-state index contributed by atoms with van der Waals surface area (Å²) in [4.78, 5) is 10.5. The molecular weight excluding hydrogens is 342 g/mol. The topological polar surface area (TPSA) is 79.2 Å². The number of aliphatic hydroxyl groups is 1. The highest BCUT2D eigenvalue weighted by molar-refractivity contribution is 5.93. The van der Waals surface area contributed by atoms with Gasteiger partial charge in [0.05, 0.1) is 25.9 Å². The van der Waals surface area contributed by atoms with Crippen molar-refractivity contribution in [1.29, 1.82) is 0 Å². The molecule has 0 radical (unpaired) electrons. The normalized spacial score (nSPS) is 18.6. The number of nitrogens with zero attached hydrogens (tertiary/aromatic N) is 4. The van der Waals surface area contributed by atoms with Crippen LogP contribution in [0.3, 0.4) is 0 Å². The van der Waals surface area contributed by atoms with Crippen molar-refractivity contribution in [3.8, 4) is 11.4 Å². The molecule has 2 aromatic heterocycles. The summed E-state index contributed by atoms with van der Waals surface area (Å²) in [6.07, 6.45) is 2.74. The van der Waals surface area contributed by atoms with Gasteiger partial charge in [-0.05, 0) is 19.9 Å². The third-order valence-corrected chi connectivity index (χ3v) is 5.20. The molecule has 1 aromatic carbocycles. The lowest BCUT2D eigenvalue weighted by Gasteiger charge is -2.35. The Morgan fingerprint density at radius 1 is 1.33 bits per heavy atom. The van der Waals surface area contributed by atoms with E-state index in [-0.39, 0.29) is 12.7 Å². The number of hydrogen-bond acceptors (Lipinski definition) is 5. The Hall–Kier alpha value is -2.22. The van der Waals surface area contributed by atoms with E-state index in [1.54, 1.807) is 0 Å². The maximum Gasteiger partial charge on any atom is 0.183 e. The van der Waals surface area contributed by atoms with Gasteiger partial charge in [0.1, 0.15) is 5.82 Å². The highest BCUT2D eigenvalue weighted by atomic mass is 16.5. The molecule has 3 aromatic rings. The highest BCUT2D eigenvalue weighted by Gasteiger charge is 2.25. The Morgan fingerprint density at radius 2 is 2.19 bits per heavy atom. The Kier molecular flexibility index (Phi) is 5.24. The third kappa shape index (κ3) is 3.76. The van der Waals surface area contributed by atoms with E-state index in [9.17, 15) is 5.11 Å². The Labute approximate surface area is 159 Å². The lowest BCUT2D eigenvalue weighted by molar-refractivity contribution is -0.0390. The van der Waals surface area contributed by atoms with Gasteiger partial charge in [-0.15, -0.1) is 0 Å². The summed E-state index contributed by atoms with van der Waals surface area (Å²) < 4.78 is 7.79. The molecular formula is C20H27N5O2. The van der Waals surface area contributed by atoms with Crippen LogP contribution in [-0.4, -0.2) is 68.2 Å². The largest absolute Gasteiger partial charge is 0.394 e. The molecule has 0 aliphatic carbocycles. The molecule has 7 nitrogen and oxygen atoms in total. The van der Waals surface area contributed by atoms with Crippen LogP contribution >= 0.6 is 0 Å². The van der Waals surface area contributed by atoms with Crippen molar-refractivity contribution in [2.24, 2.45) is 0 Å². The van der Waals surface area contributed by atoms with E-state index in [2.05, 4.69) is 34.9 Å². The first-order chi connectivity index (χ1) is 13.2. The number of nitrogens with one attached hydrogen (secondary N) is 1. The van der Waals surface area contributed by atoms with Gasteiger partial charge in [-0.2, -0.15) is 5.10 Å². The van der Waals surface area contributed by atoms with Gasteiger partial charge in [-0.3, -0.25) is 4.90 Å². The Morgan fingerprint density at radius 3 is 3.00 bits per heavy atom. The van der Waals surface area contributed by atoms with E-state index in [1.165, 1.54) is 0 Å². The zero-order valence-electron chi connectivity index (χ0n) is 15.9. The van der Waals surface area contributed by atoms with E-state index >= 15 is 0 Å². The fourth-order valence-corrected chi connectivity index (χ4v) is 3.71. The number of ether oxygens (including phenoxy) is 1. The van der Waals surface area contributed by atoms with Crippen LogP contribution in [0.2, 0.25) is 0 Å². The zero-order chi connectivity index (χ0) is 18.8. The van der Waals surface area contributed by atoms with Gasteiger partial charge in [-0.1, -0.05) is 18.2 Å². The molecule has 1 fully saturated rings. The summed E-state index contributed by atoms with van der Waals surface area (Å²) in [5.41, 5.74) is 2.05. The molecule has 4 rings (SSSR count). The molecule has 7 heteroatoms. The fourth-order valence-electron chi connectivity index (χ4n) is 3.71. The van der Waals surface area contributed by atoms with Crippen molar-refractivity contribution in [3.63, 3.8) is 0 Å². The van der Waals surface area contributed by atoms with E-state index < -0.39 is 0 Å². The maximum absolute atomic E-state index is 9.44. The second-order valence-corrected chi connectivity index (χ2v) is 7.33. The number of aliphatic hydroxyl groups excluding tert-OH is 1. The van der Waals surface area contributed by atoms with Gasteiger partial charge < -0.3 is 14.8 Å². The third-order valence-electron chi connectivity index (χ3n) is 5.20. The number of morpholine rings is 1. The van der Waals surface area contributed by atoms with Crippen LogP contribution in [0.4, 0.5) is 0 Å². The molecule has 1 saturated heterocycles. The molecule has 0 saturated carbocycles. The average molecular weight is 369 g/mol. The number of H-pyrrole nitrogens is 1. The molecule has 3 heterocycles. The van der Waals surface area contributed by atoms with Crippen molar-refractivity contribution < 1.29 is 9.84 Å². The minimum Gasteiger partial charge on any atom is -0.394 e. The van der Waals surface area contributed by atoms with Crippen LogP contribution in [0.25, 0.3) is 22.3 Å². The van der Waals surface area contributed by atoms with E-state index in [4.69, 9.17) is 9.72 Å². The predicted octanol–water partition coefficient (Wildman–Crippen LogP) is 2.07. The van der Waals surface area contributed by atoms with E-state index in [1.807, 2.05) is 29.1 Å². The minimum absolute atomic E-state index is 0.0350. The van der Waals surface area contributed by atoms with Crippen LogP contribution in [0.1, 0.15) is 19.7 Å². The molecule has 1 aliphatic rings. The molecule has 0 spiro atoms. The summed E-state index contributed by atoms with van der Waals surface area (Å²) in [5.74, 6) is 1.55. The van der Waals surface area contributed by atoms with Gasteiger partial charge in [0.15, 0.2) is 5.82 Å². The first kappa shape index (κ1) is 18.2. The number of aromatic nitrogens is 4. The SMILES string of the molecule is CC(C)N1CCOC(Cc2nc(-c3c[nH]c4ccccc34)nn2CCO)C1. The fraction of sp³-hybridized carbons (Fsp3) is 0.500. The number of benzene rings is 1. The molecule has 1 aliphatic heterocycles. The molecule has 1 unspecified atom stereocenters. The summed E-state index contributed by atoms with van der Waals surface area (Å²) in [6.45, 7) is 7.51. The smallest absolute Gasteiger partial charge is 0.183 e. The first-order valence-corrected chi connectivity index (χ1v) is 9.62. The van der Waals surface area contributed by atoms with Crippen LogP contribution in [0, 0.1) is 0 Å². The van der Waals surface area contributed by atoms with Gasteiger partial charge in [0, 0.05) is 48.2 Å².